The zero-order valence-corrected chi connectivity index (χ0v) is 9.73. The van der Waals surface area contributed by atoms with E-state index in [2.05, 4.69) is 5.32 Å². The second kappa shape index (κ2) is 6.27. The number of nitrogens with one attached hydrogen (secondary N) is 1. The first-order chi connectivity index (χ1) is 7.65. The maximum atomic E-state index is 11.3. The molecule has 1 aliphatic rings. The third-order valence-corrected chi connectivity index (χ3v) is 2.51. The van der Waals surface area contributed by atoms with Gasteiger partial charge < -0.3 is 10.1 Å². The first-order valence-electron chi connectivity index (χ1n) is 5.50. The lowest BCUT2D eigenvalue weighted by Crippen LogP contribution is -2.53. The van der Waals surface area contributed by atoms with Crippen molar-refractivity contribution in [1.82, 2.24) is 10.2 Å². The van der Waals surface area contributed by atoms with Crippen LogP contribution in [-0.4, -0.2) is 49.1 Å². The molecule has 1 heterocycles. The highest BCUT2D eigenvalue weighted by molar-refractivity contribution is 5.82. The molecule has 0 aromatic rings. The molecular weight excluding hydrogens is 208 g/mol. The molecule has 90 valence electrons. The first-order valence-corrected chi connectivity index (χ1v) is 5.50. The topological polar surface area (TPSA) is 58.6 Å². The monoisotopic (exact) mass is 226 g/mol. The molecule has 0 aromatic heterocycles. The Morgan fingerprint density at radius 3 is 3.12 bits per heavy atom. The van der Waals surface area contributed by atoms with E-state index in [9.17, 15) is 9.59 Å². The fourth-order valence-corrected chi connectivity index (χ4v) is 1.55. The Balaban J connectivity index is 2.36. The third kappa shape index (κ3) is 3.66. The summed E-state index contributed by atoms with van der Waals surface area (Å²) in [7, 11) is 0. The van der Waals surface area contributed by atoms with Crippen molar-refractivity contribution in [1.29, 1.82) is 0 Å². The molecule has 0 aliphatic carbocycles. The van der Waals surface area contributed by atoms with Gasteiger partial charge in [0.15, 0.2) is 0 Å². The summed E-state index contributed by atoms with van der Waals surface area (Å²) in [6.07, 6.45) is 3.13. The summed E-state index contributed by atoms with van der Waals surface area (Å²) in [6, 6.07) is -0.138. The Hall–Kier alpha value is -1.36. The molecule has 1 saturated heterocycles. The minimum atomic E-state index is -0.336. The van der Waals surface area contributed by atoms with Crippen LogP contribution in [0.15, 0.2) is 12.2 Å². The number of esters is 1. The van der Waals surface area contributed by atoms with Gasteiger partial charge in [0.25, 0.3) is 0 Å². The quantitative estimate of drug-likeness (QED) is 0.538. The van der Waals surface area contributed by atoms with E-state index in [0.29, 0.717) is 19.7 Å². The second-order valence-corrected chi connectivity index (χ2v) is 3.62. The van der Waals surface area contributed by atoms with E-state index in [4.69, 9.17) is 4.74 Å². The fourth-order valence-electron chi connectivity index (χ4n) is 1.55. The molecule has 1 aliphatic heterocycles. The normalized spacial score (nSPS) is 22.1. The molecule has 0 aromatic carbocycles. The van der Waals surface area contributed by atoms with Gasteiger partial charge in [0, 0.05) is 25.7 Å². The van der Waals surface area contributed by atoms with Crippen LogP contribution < -0.4 is 5.32 Å². The Kier molecular flexibility index (Phi) is 4.98. The number of rotatable bonds is 4. The van der Waals surface area contributed by atoms with Gasteiger partial charge in [-0.25, -0.2) is 4.79 Å². The number of carbonyl (C=O) groups excluding carboxylic acids is 2. The van der Waals surface area contributed by atoms with Crippen LogP contribution >= 0.6 is 0 Å². The van der Waals surface area contributed by atoms with E-state index in [1.807, 2.05) is 11.8 Å². The van der Waals surface area contributed by atoms with Crippen molar-refractivity contribution in [3.05, 3.63) is 12.2 Å². The minimum absolute atomic E-state index is 0.0378. The lowest BCUT2D eigenvalue weighted by Gasteiger charge is -2.31. The minimum Gasteiger partial charge on any atom is -0.463 e. The fraction of sp³-hybridized carbons (Fsp3) is 0.636. The summed E-state index contributed by atoms with van der Waals surface area (Å²) < 4.78 is 4.76. The van der Waals surface area contributed by atoms with E-state index >= 15 is 0 Å². The van der Waals surface area contributed by atoms with Crippen LogP contribution in [0.4, 0.5) is 0 Å². The molecule has 0 spiro atoms. The predicted molar refractivity (Wildman–Crippen MR) is 59.8 cm³/mol. The number of hydrogen-bond donors (Lipinski definition) is 1. The largest absolute Gasteiger partial charge is 0.463 e. The smallest absolute Gasteiger partial charge is 0.330 e. The van der Waals surface area contributed by atoms with Crippen LogP contribution in [0.5, 0.6) is 0 Å². The second-order valence-electron chi connectivity index (χ2n) is 3.62. The van der Waals surface area contributed by atoms with Gasteiger partial charge in [0.1, 0.15) is 0 Å². The summed E-state index contributed by atoms with van der Waals surface area (Å²) >= 11 is 0. The van der Waals surface area contributed by atoms with Gasteiger partial charge in [0.05, 0.1) is 12.6 Å². The Labute approximate surface area is 95.4 Å². The van der Waals surface area contributed by atoms with Crippen LogP contribution in [0, 0.1) is 0 Å². The van der Waals surface area contributed by atoms with Gasteiger partial charge in [-0.3, -0.25) is 9.69 Å². The van der Waals surface area contributed by atoms with Crippen LogP contribution in [0.25, 0.3) is 0 Å². The molecule has 0 saturated carbocycles. The maximum Gasteiger partial charge on any atom is 0.330 e. The van der Waals surface area contributed by atoms with Crippen LogP contribution in [0.2, 0.25) is 0 Å². The number of piperazine rings is 1. The van der Waals surface area contributed by atoms with Crippen molar-refractivity contribution < 1.29 is 14.3 Å². The summed E-state index contributed by atoms with van der Waals surface area (Å²) in [5, 5.41) is 2.78. The molecule has 5 nitrogen and oxygen atoms in total. The highest BCUT2D eigenvalue weighted by Crippen LogP contribution is 2.03. The van der Waals surface area contributed by atoms with Crippen molar-refractivity contribution in [2.75, 3.05) is 26.2 Å². The van der Waals surface area contributed by atoms with Gasteiger partial charge in [-0.05, 0) is 13.8 Å². The number of carbonyl (C=O) groups is 2. The molecule has 1 amide bonds. The van der Waals surface area contributed by atoms with Crippen LogP contribution in [0.1, 0.15) is 13.8 Å². The Bertz CT molecular complexity index is 289. The van der Waals surface area contributed by atoms with E-state index in [-0.39, 0.29) is 17.9 Å². The lowest BCUT2D eigenvalue weighted by atomic mass is 10.2. The Morgan fingerprint density at radius 1 is 1.69 bits per heavy atom. The summed E-state index contributed by atoms with van der Waals surface area (Å²) in [4.78, 5) is 24.4. The maximum absolute atomic E-state index is 11.3. The lowest BCUT2D eigenvalue weighted by molar-refractivity contribution is -0.137. The number of hydrogen-bond acceptors (Lipinski definition) is 4. The van der Waals surface area contributed by atoms with Crippen molar-refractivity contribution >= 4 is 11.9 Å². The number of nitrogens with zero attached hydrogens (tertiary/aromatic N) is 1. The zero-order chi connectivity index (χ0) is 12.0. The standard InChI is InChI=1S/C11H18N2O3/c1-3-16-10(14)5-4-7-13-8-6-12-11(15)9(13)2/h4-5,9H,3,6-8H2,1-2H3,(H,12,15)/b5-4+. The van der Waals surface area contributed by atoms with E-state index in [1.54, 1.807) is 13.0 Å². The molecule has 16 heavy (non-hydrogen) atoms. The van der Waals surface area contributed by atoms with Gasteiger partial charge in [-0.2, -0.15) is 0 Å². The molecule has 1 atom stereocenters. The van der Waals surface area contributed by atoms with Crippen molar-refractivity contribution in [3.63, 3.8) is 0 Å². The molecule has 0 bridgehead atoms. The van der Waals surface area contributed by atoms with Crippen molar-refractivity contribution in [2.45, 2.75) is 19.9 Å². The summed E-state index contributed by atoms with van der Waals surface area (Å²) in [6.45, 7) is 6.06. The third-order valence-electron chi connectivity index (χ3n) is 2.51. The average molecular weight is 226 g/mol. The van der Waals surface area contributed by atoms with Crippen LogP contribution in [-0.2, 0) is 14.3 Å². The molecule has 1 fully saturated rings. The SMILES string of the molecule is CCOC(=O)/C=C/CN1CCNC(=O)C1C. The molecule has 1 rings (SSSR count). The molecule has 0 radical (unpaired) electrons. The van der Waals surface area contributed by atoms with Crippen molar-refractivity contribution in [2.24, 2.45) is 0 Å². The molecule has 1 unspecified atom stereocenters. The highest BCUT2D eigenvalue weighted by atomic mass is 16.5. The average Bonchev–Trinajstić information content (AvgIpc) is 2.25. The summed E-state index contributed by atoms with van der Waals surface area (Å²) in [5.41, 5.74) is 0. The van der Waals surface area contributed by atoms with Gasteiger partial charge in [0.2, 0.25) is 5.91 Å². The van der Waals surface area contributed by atoms with E-state index in [0.717, 1.165) is 6.54 Å². The van der Waals surface area contributed by atoms with E-state index < -0.39 is 0 Å². The number of ether oxygens (including phenoxy) is 1. The molecule has 5 heteroatoms. The van der Waals surface area contributed by atoms with Gasteiger partial charge in [-0.1, -0.05) is 6.08 Å². The zero-order valence-electron chi connectivity index (χ0n) is 9.73. The molecule has 1 N–H and O–H groups in total. The van der Waals surface area contributed by atoms with Crippen molar-refractivity contribution in [3.8, 4) is 0 Å². The van der Waals surface area contributed by atoms with E-state index in [1.165, 1.54) is 6.08 Å². The van der Waals surface area contributed by atoms with Gasteiger partial charge >= 0.3 is 5.97 Å². The summed E-state index contributed by atoms with van der Waals surface area (Å²) in [5.74, 6) is -0.299. The van der Waals surface area contributed by atoms with Crippen LogP contribution in [0.3, 0.4) is 0 Å². The Morgan fingerprint density at radius 2 is 2.44 bits per heavy atom. The van der Waals surface area contributed by atoms with Gasteiger partial charge in [-0.15, -0.1) is 0 Å². The first kappa shape index (κ1) is 12.7. The predicted octanol–water partition coefficient (Wildman–Crippen LogP) is -0.0740. The number of amides is 1. The highest BCUT2D eigenvalue weighted by Gasteiger charge is 2.23. The molecular formula is C11H18N2O3.